The van der Waals surface area contributed by atoms with Gasteiger partial charge in [-0.05, 0) is 85.3 Å². The van der Waals surface area contributed by atoms with Gasteiger partial charge in [0.2, 0.25) is 0 Å². The molecule has 1 N–H and O–H groups in total. The van der Waals surface area contributed by atoms with Gasteiger partial charge in [0.05, 0.1) is 14.9 Å². The van der Waals surface area contributed by atoms with Gasteiger partial charge in [0.25, 0.3) is 0 Å². The SMILES string of the molecule is CNC(c1ccc(I)c(Cl)c1)c1cc(Br)c(Br)s1. The van der Waals surface area contributed by atoms with E-state index in [4.69, 9.17) is 11.6 Å². The van der Waals surface area contributed by atoms with Gasteiger partial charge in [-0.3, -0.25) is 0 Å². The van der Waals surface area contributed by atoms with Crippen molar-refractivity contribution in [3.8, 4) is 0 Å². The molecule has 0 aliphatic carbocycles. The lowest BCUT2D eigenvalue weighted by molar-refractivity contribution is 0.703. The molecule has 0 radical (unpaired) electrons. The molecule has 1 aromatic carbocycles. The number of benzene rings is 1. The van der Waals surface area contributed by atoms with Crippen molar-refractivity contribution in [3.63, 3.8) is 0 Å². The number of rotatable bonds is 3. The number of nitrogens with one attached hydrogen (secondary N) is 1. The topological polar surface area (TPSA) is 12.0 Å². The molecule has 1 atom stereocenters. The Balaban J connectivity index is 2.41. The maximum Gasteiger partial charge on any atom is 0.0843 e. The van der Waals surface area contributed by atoms with Crippen molar-refractivity contribution in [2.45, 2.75) is 6.04 Å². The van der Waals surface area contributed by atoms with Gasteiger partial charge >= 0.3 is 0 Å². The van der Waals surface area contributed by atoms with E-state index >= 15 is 0 Å². The van der Waals surface area contributed by atoms with Crippen molar-refractivity contribution in [2.75, 3.05) is 7.05 Å². The van der Waals surface area contributed by atoms with Crippen molar-refractivity contribution in [3.05, 3.63) is 51.6 Å². The summed E-state index contributed by atoms with van der Waals surface area (Å²) in [6.45, 7) is 0. The molecule has 2 rings (SSSR count). The van der Waals surface area contributed by atoms with Gasteiger partial charge in [0.15, 0.2) is 0 Å². The second-order valence-corrected chi connectivity index (χ2v) is 8.49. The van der Waals surface area contributed by atoms with Crippen molar-refractivity contribution >= 4 is 77.4 Å². The van der Waals surface area contributed by atoms with Crippen LogP contribution in [0, 0.1) is 3.57 Å². The summed E-state index contributed by atoms with van der Waals surface area (Å²) in [5, 5.41) is 4.12. The molecule has 0 saturated heterocycles. The monoisotopic (exact) mass is 519 g/mol. The van der Waals surface area contributed by atoms with Crippen LogP contribution in [-0.4, -0.2) is 7.05 Å². The Morgan fingerprint density at radius 1 is 1.33 bits per heavy atom. The minimum atomic E-state index is 0.159. The van der Waals surface area contributed by atoms with Crippen LogP contribution in [0.4, 0.5) is 0 Å². The number of hydrogen-bond donors (Lipinski definition) is 1. The van der Waals surface area contributed by atoms with E-state index in [0.717, 1.165) is 16.9 Å². The largest absolute Gasteiger partial charge is 0.309 e. The first-order chi connectivity index (χ1) is 8.52. The third kappa shape index (κ3) is 3.30. The van der Waals surface area contributed by atoms with Gasteiger partial charge < -0.3 is 5.32 Å². The molecule has 1 aromatic heterocycles. The maximum atomic E-state index is 6.19. The molecule has 1 unspecified atom stereocenters. The van der Waals surface area contributed by atoms with Gasteiger partial charge in [-0.15, -0.1) is 11.3 Å². The summed E-state index contributed by atoms with van der Waals surface area (Å²) in [4.78, 5) is 1.24. The molecule has 96 valence electrons. The Kier molecular flexibility index (Phi) is 5.54. The van der Waals surface area contributed by atoms with Crippen LogP contribution in [0.5, 0.6) is 0 Å². The summed E-state index contributed by atoms with van der Waals surface area (Å²) in [5.74, 6) is 0. The molecule has 1 nitrogen and oxygen atoms in total. The number of halogens is 4. The van der Waals surface area contributed by atoms with E-state index < -0.39 is 0 Å². The molecular formula is C12H9Br2ClINS. The molecule has 0 bridgehead atoms. The molecule has 0 fully saturated rings. The van der Waals surface area contributed by atoms with E-state index in [-0.39, 0.29) is 6.04 Å². The molecule has 18 heavy (non-hydrogen) atoms. The highest BCUT2D eigenvalue weighted by atomic mass is 127. The average molecular weight is 521 g/mol. The Bertz CT molecular complexity index is 554. The maximum absolute atomic E-state index is 6.19. The normalized spacial score (nSPS) is 12.7. The lowest BCUT2D eigenvalue weighted by Gasteiger charge is -2.15. The molecule has 0 saturated carbocycles. The zero-order valence-corrected chi connectivity index (χ0v) is 16.2. The fraction of sp³-hybridized carbons (Fsp3) is 0.167. The first kappa shape index (κ1) is 15.3. The summed E-state index contributed by atoms with van der Waals surface area (Å²) in [6.07, 6.45) is 0. The molecule has 0 amide bonds. The van der Waals surface area contributed by atoms with Crippen molar-refractivity contribution in [1.82, 2.24) is 5.32 Å². The van der Waals surface area contributed by atoms with Crippen LogP contribution in [-0.2, 0) is 0 Å². The van der Waals surface area contributed by atoms with Crippen molar-refractivity contribution < 1.29 is 0 Å². The molecule has 0 aliphatic rings. The van der Waals surface area contributed by atoms with E-state index in [9.17, 15) is 0 Å². The smallest absolute Gasteiger partial charge is 0.0843 e. The summed E-state index contributed by atoms with van der Waals surface area (Å²) in [6, 6.07) is 8.46. The molecule has 6 heteroatoms. The van der Waals surface area contributed by atoms with Crippen LogP contribution in [0.3, 0.4) is 0 Å². The molecule has 1 heterocycles. The van der Waals surface area contributed by atoms with E-state index in [1.54, 1.807) is 11.3 Å². The summed E-state index contributed by atoms with van der Waals surface area (Å²) in [5.41, 5.74) is 1.17. The Hall–Kier alpha value is 0.860. The lowest BCUT2D eigenvalue weighted by Crippen LogP contribution is -2.16. The quantitative estimate of drug-likeness (QED) is 0.501. The van der Waals surface area contributed by atoms with E-state index in [1.807, 2.05) is 19.2 Å². The first-order valence-electron chi connectivity index (χ1n) is 5.10. The Labute approximate surface area is 146 Å². The highest BCUT2D eigenvalue weighted by Gasteiger charge is 2.17. The highest BCUT2D eigenvalue weighted by Crippen LogP contribution is 2.38. The van der Waals surface area contributed by atoms with E-state index in [1.165, 1.54) is 10.4 Å². The van der Waals surface area contributed by atoms with Crippen LogP contribution in [0.25, 0.3) is 0 Å². The average Bonchev–Trinajstić information content (AvgIpc) is 2.65. The second-order valence-electron chi connectivity index (χ2n) is 3.67. The van der Waals surface area contributed by atoms with Crippen LogP contribution in [0.2, 0.25) is 5.02 Å². The lowest BCUT2D eigenvalue weighted by atomic mass is 10.1. The Morgan fingerprint density at radius 3 is 2.56 bits per heavy atom. The Morgan fingerprint density at radius 2 is 2.06 bits per heavy atom. The number of hydrogen-bond acceptors (Lipinski definition) is 2. The van der Waals surface area contributed by atoms with Crippen molar-refractivity contribution in [1.29, 1.82) is 0 Å². The summed E-state index contributed by atoms with van der Waals surface area (Å²) < 4.78 is 3.26. The summed E-state index contributed by atoms with van der Waals surface area (Å²) in [7, 11) is 1.96. The molecule has 0 spiro atoms. The zero-order valence-electron chi connectivity index (χ0n) is 9.31. The molecular weight excluding hydrogens is 512 g/mol. The van der Waals surface area contributed by atoms with Gasteiger partial charge in [-0.1, -0.05) is 17.7 Å². The predicted molar refractivity (Wildman–Crippen MR) is 94.8 cm³/mol. The van der Waals surface area contributed by atoms with E-state index in [2.05, 4.69) is 71.9 Å². The van der Waals surface area contributed by atoms with Crippen LogP contribution < -0.4 is 5.32 Å². The molecule has 2 aromatic rings. The third-order valence-corrected chi connectivity index (χ3v) is 7.41. The van der Waals surface area contributed by atoms with Crippen LogP contribution in [0.1, 0.15) is 16.5 Å². The fourth-order valence-corrected chi connectivity index (χ4v) is 4.42. The van der Waals surface area contributed by atoms with E-state index in [0.29, 0.717) is 0 Å². The van der Waals surface area contributed by atoms with Gasteiger partial charge in [0, 0.05) is 12.9 Å². The van der Waals surface area contributed by atoms with Gasteiger partial charge in [-0.25, -0.2) is 0 Å². The first-order valence-corrected chi connectivity index (χ1v) is 8.95. The minimum absolute atomic E-state index is 0.159. The van der Waals surface area contributed by atoms with Crippen LogP contribution >= 0.6 is 77.4 Å². The third-order valence-electron chi connectivity index (χ3n) is 2.51. The van der Waals surface area contributed by atoms with Gasteiger partial charge in [-0.2, -0.15) is 0 Å². The number of thiophene rings is 1. The van der Waals surface area contributed by atoms with Crippen molar-refractivity contribution in [2.24, 2.45) is 0 Å². The highest BCUT2D eigenvalue weighted by molar-refractivity contribution is 14.1. The predicted octanol–water partition coefficient (Wildman–Crippen LogP) is 5.84. The second kappa shape index (κ2) is 6.54. The van der Waals surface area contributed by atoms with Crippen LogP contribution in [0.15, 0.2) is 32.5 Å². The van der Waals surface area contributed by atoms with Gasteiger partial charge in [0.1, 0.15) is 0 Å². The molecule has 0 aliphatic heterocycles. The standard InChI is InChI=1S/C12H9Br2ClINS/c1-17-11(10-5-7(13)12(14)18-10)6-2-3-9(16)8(15)4-6/h2-5,11,17H,1H3. The fourth-order valence-electron chi connectivity index (χ4n) is 1.67. The minimum Gasteiger partial charge on any atom is -0.309 e. The summed E-state index contributed by atoms with van der Waals surface area (Å²) >= 11 is 17.2. The zero-order chi connectivity index (χ0) is 13.3.